The van der Waals surface area contributed by atoms with E-state index in [1.165, 1.54) is 135 Å². The normalized spacial score (nSPS) is 14.9. The van der Waals surface area contributed by atoms with E-state index in [9.17, 15) is 43.2 Å². The number of ether oxygens (including phenoxy) is 4. The van der Waals surface area contributed by atoms with Crippen LogP contribution in [0.2, 0.25) is 0 Å². The lowest BCUT2D eigenvalue weighted by atomic mass is 9.99. The van der Waals surface area contributed by atoms with Crippen LogP contribution in [0.15, 0.2) is 0 Å². The Labute approximate surface area is 517 Å². The first-order chi connectivity index (χ1) is 40.9. The molecule has 0 aromatic rings. The average molecular weight is 1260 g/mol. The molecule has 0 fully saturated rings. The maximum absolute atomic E-state index is 13.0. The molecule has 0 aromatic carbocycles. The highest BCUT2D eigenvalue weighted by Gasteiger charge is 2.30. The van der Waals surface area contributed by atoms with Crippen LogP contribution in [-0.4, -0.2) is 96.7 Å². The fourth-order valence-electron chi connectivity index (χ4n) is 9.82. The van der Waals surface area contributed by atoms with Gasteiger partial charge in [0.15, 0.2) is 12.2 Å². The Morgan fingerprint density at radius 1 is 0.329 bits per heavy atom. The summed E-state index contributed by atoms with van der Waals surface area (Å²) < 4.78 is 68.0. The van der Waals surface area contributed by atoms with Gasteiger partial charge in [0.1, 0.15) is 19.3 Å². The van der Waals surface area contributed by atoms with E-state index >= 15 is 0 Å². The zero-order chi connectivity index (χ0) is 62.9. The minimum Gasteiger partial charge on any atom is -0.462 e. The highest BCUT2D eigenvalue weighted by atomic mass is 31.2. The lowest BCUT2D eigenvalue weighted by Gasteiger charge is -2.21. The van der Waals surface area contributed by atoms with E-state index in [4.69, 9.17) is 37.0 Å². The first kappa shape index (κ1) is 83.1. The van der Waals surface area contributed by atoms with Crippen LogP contribution in [0.25, 0.3) is 0 Å². The fourth-order valence-corrected chi connectivity index (χ4v) is 11.4. The highest BCUT2D eigenvalue weighted by molar-refractivity contribution is 7.47. The molecule has 0 saturated carbocycles. The summed E-state index contributed by atoms with van der Waals surface area (Å²) in [4.78, 5) is 72.2. The van der Waals surface area contributed by atoms with Crippen molar-refractivity contribution in [3.05, 3.63) is 0 Å². The lowest BCUT2D eigenvalue weighted by molar-refractivity contribution is -0.161. The summed E-state index contributed by atoms with van der Waals surface area (Å²) >= 11 is 0. The lowest BCUT2D eigenvalue weighted by Crippen LogP contribution is -2.30. The Balaban J connectivity index is 5.22. The molecule has 0 aliphatic rings. The van der Waals surface area contributed by atoms with E-state index in [1.54, 1.807) is 0 Å². The second-order valence-corrected chi connectivity index (χ2v) is 27.2. The Morgan fingerprint density at radius 3 is 0.835 bits per heavy atom. The Bertz CT molecular complexity index is 1670. The first-order valence-electron chi connectivity index (χ1n) is 34.6. The van der Waals surface area contributed by atoms with E-state index in [2.05, 4.69) is 41.5 Å². The van der Waals surface area contributed by atoms with Gasteiger partial charge in [0.2, 0.25) is 0 Å². The molecule has 0 bridgehead atoms. The smallest absolute Gasteiger partial charge is 0.462 e. The van der Waals surface area contributed by atoms with Gasteiger partial charge in [-0.1, -0.05) is 279 Å². The van der Waals surface area contributed by atoms with Crippen molar-refractivity contribution in [3.8, 4) is 0 Å². The van der Waals surface area contributed by atoms with Crippen LogP contribution in [0.5, 0.6) is 0 Å². The summed E-state index contributed by atoms with van der Waals surface area (Å²) in [5.74, 6) is -0.522. The maximum Gasteiger partial charge on any atom is 0.472 e. The Kier molecular flexibility index (Phi) is 57.1. The van der Waals surface area contributed by atoms with E-state index in [-0.39, 0.29) is 25.7 Å². The second kappa shape index (κ2) is 58.4. The van der Waals surface area contributed by atoms with Crippen LogP contribution in [0.4, 0.5) is 0 Å². The number of carbonyl (C=O) groups excluding carboxylic acids is 4. The van der Waals surface area contributed by atoms with Gasteiger partial charge in [0.05, 0.1) is 26.4 Å². The van der Waals surface area contributed by atoms with Crippen molar-refractivity contribution < 1.29 is 80.2 Å². The SMILES string of the molecule is CCCCCCCCCCCCC(=O)O[C@H](COC(=O)CCCCCCCCC)COP(=O)(O)OC[C@H](O)COP(=O)(O)OC[C@@H](COC(=O)CCCCCCCCCCCCC(C)CC)OC(=O)CCCCCCCCCCCCC(C)CC. The summed E-state index contributed by atoms with van der Waals surface area (Å²) in [5, 5.41) is 10.5. The number of carbonyl (C=O) groups is 4. The molecule has 0 aromatic heterocycles. The molecule has 0 rings (SSSR count). The number of esters is 4. The predicted molar refractivity (Wildman–Crippen MR) is 340 cm³/mol. The van der Waals surface area contributed by atoms with Crippen LogP contribution in [-0.2, 0) is 65.4 Å². The van der Waals surface area contributed by atoms with Crippen LogP contribution >= 0.6 is 15.6 Å². The molecular formula is C66H128O17P2. The third kappa shape index (κ3) is 58.2. The molecule has 0 aliphatic heterocycles. The molecule has 0 saturated heterocycles. The number of aliphatic hydroxyl groups is 1. The van der Waals surface area contributed by atoms with E-state index < -0.39 is 97.5 Å². The van der Waals surface area contributed by atoms with Gasteiger partial charge < -0.3 is 33.8 Å². The van der Waals surface area contributed by atoms with Crippen LogP contribution in [0, 0.1) is 11.8 Å². The van der Waals surface area contributed by atoms with Crippen molar-refractivity contribution >= 4 is 39.5 Å². The van der Waals surface area contributed by atoms with Crippen molar-refractivity contribution in [1.29, 1.82) is 0 Å². The maximum atomic E-state index is 13.0. The monoisotopic (exact) mass is 1250 g/mol. The number of rotatable bonds is 65. The number of unbranched alkanes of at least 4 members (excludes halogenated alkanes) is 33. The first-order valence-corrected chi connectivity index (χ1v) is 37.6. The number of phosphoric acid groups is 2. The van der Waals surface area contributed by atoms with Gasteiger partial charge in [0.25, 0.3) is 0 Å². The van der Waals surface area contributed by atoms with Gasteiger partial charge in [-0.3, -0.25) is 37.3 Å². The molecule has 0 heterocycles. The summed E-state index contributed by atoms with van der Waals surface area (Å²) in [7, 11) is -9.89. The van der Waals surface area contributed by atoms with Crippen molar-refractivity contribution in [1.82, 2.24) is 0 Å². The minimum absolute atomic E-state index is 0.106. The predicted octanol–water partition coefficient (Wildman–Crippen LogP) is 18.4. The number of aliphatic hydroxyl groups excluding tert-OH is 1. The average Bonchev–Trinajstić information content (AvgIpc) is 3.61. The van der Waals surface area contributed by atoms with Gasteiger partial charge >= 0.3 is 39.5 Å². The second-order valence-electron chi connectivity index (χ2n) is 24.3. The molecule has 0 radical (unpaired) electrons. The van der Waals surface area contributed by atoms with Crippen LogP contribution in [0.3, 0.4) is 0 Å². The van der Waals surface area contributed by atoms with Gasteiger partial charge in [-0.15, -0.1) is 0 Å². The molecule has 17 nitrogen and oxygen atoms in total. The summed E-state index contributed by atoms with van der Waals surface area (Å²) in [5.41, 5.74) is 0. The standard InChI is InChI=1S/C66H128O17P2/c1-7-11-13-15-17-18-25-32-38-44-50-65(70)82-61(54-76-63(68)48-42-36-28-16-14-12-8-2)56-80-84(72,73)78-52-60(67)53-79-85(74,75)81-57-62(83-66(71)51-45-39-33-27-22-20-24-30-35-41-47-59(6)10-4)55-77-64(69)49-43-37-31-26-21-19-23-29-34-40-46-58(5)9-3/h58-62,67H,7-57H2,1-6H3,(H,72,73)(H,74,75)/t58?,59?,60-,61+,62+/m0/s1. The zero-order valence-electron chi connectivity index (χ0n) is 54.9. The Hall–Kier alpha value is -1.94. The molecule has 0 spiro atoms. The number of hydrogen-bond acceptors (Lipinski definition) is 15. The van der Waals surface area contributed by atoms with Crippen molar-refractivity contribution in [2.75, 3.05) is 39.6 Å². The van der Waals surface area contributed by atoms with Crippen molar-refractivity contribution in [2.24, 2.45) is 11.8 Å². The molecule has 85 heavy (non-hydrogen) atoms. The van der Waals surface area contributed by atoms with E-state index in [1.807, 2.05) is 0 Å². The third-order valence-electron chi connectivity index (χ3n) is 15.9. The summed E-state index contributed by atoms with van der Waals surface area (Å²) in [6, 6.07) is 0. The van der Waals surface area contributed by atoms with E-state index in [0.29, 0.717) is 25.7 Å². The minimum atomic E-state index is -4.95. The molecule has 4 unspecified atom stereocenters. The topological polar surface area (TPSA) is 237 Å². The van der Waals surface area contributed by atoms with Gasteiger partial charge in [-0.05, 0) is 37.5 Å². The van der Waals surface area contributed by atoms with Gasteiger partial charge in [0, 0.05) is 25.7 Å². The number of phosphoric ester groups is 2. The fraction of sp³-hybridized carbons (Fsp3) is 0.939. The molecule has 19 heteroatoms. The van der Waals surface area contributed by atoms with Gasteiger partial charge in [-0.25, -0.2) is 9.13 Å². The number of hydrogen-bond donors (Lipinski definition) is 3. The quantitative estimate of drug-likeness (QED) is 0.0222. The van der Waals surface area contributed by atoms with Crippen LogP contribution < -0.4 is 0 Å². The highest BCUT2D eigenvalue weighted by Crippen LogP contribution is 2.45. The van der Waals surface area contributed by atoms with E-state index in [0.717, 1.165) is 115 Å². The summed E-state index contributed by atoms with van der Waals surface area (Å²) in [6.45, 7) is 9.52. The van der Waals surface area contributed by atoms with Gasteiger partial charge in [-0.2, -0.15) is 0 Å². The molecule has 504 valence electrons. The molecule has 7 atom stereocenters. The molecular weight excluding hydrogens is 1130 g/mol. The molecule has 0 aliphatic carbocycles. The van der Waals surface area contributed by atoms with Crippen LogP contribution in [0.1, 0.15) is 330 Å². The third-order valence-corrected chi connectivity index (χ3v) is 17.8. The zero-order valence-corrected chi connectivity index (χ0v) is 56.7. The van der Waals surface area contributed by atoms with Crippen molar-refractivity contribution in [2.45, 2.75) is 349 Å². The Morgan fingerprint density at radius 2 is 0.565 bits per heavy atom. The summed E-state index contributed by atoms with van der Waals surface area (Å²) in [6.07, 6.45) is 41.6. The molecule has 3 N–H and O–H groups in total. The largest absolute Gasteiger partial charge is 0.472 e. The molecule has 0 amide bonds. The van der Waals surface area contributed by atoms with Crippen molar-refractivity contribution in [3.63, 3.8) is 0 Å².